The van der Waals surface area contributed by atoms with E-state index in [1.165, 1.54) is 11.1 Å². The monoisotopic (exact) mass is 382 g/mol. The Kier molecular flexibility index (Phi) is 3.67. The van der Waals surface area contributed by atoms with E-state index in [0.717, 1.165) is 0 Å². The summed E-state index contributed by atoms with van der Waals surface area (Å²) in [5, 5.41) is 0. The van der Waals surface area contributed by atoms with Gasteiger partial charge in [-0.05, 0) is 29.8 Å². The molecule has 1 aromatic heterocycles. The molecule has 0 aliphatic carbocycles. The van der Waals surface area contributed by atoms with Gasteiger partial charge in [-0.15, -0.1) is 0 Å². The van der Waals surface area contributed by atoms with E-state index in [2.05, 4.69) is 9.98 Å². The Hall–Kier alpha value is -3.00. The van der Waals surface area contributed by atoms with Crippen molar-refractivity contribution in [2.24, 2.45) is 16.6 Å². The van der Waals surface area contributed by atoms with Crippen LogP contribution < -0.4 is 10.5 Å². The zero-order valence-corrected chi connectivity index (χ0v) is 15.3. The minimum absolute atomic E-state index is 0.153. The van der Waals surface area contributed by atoms with Gasteiger partial charge in [0.05, 0.1) is 19.1 Å². The quantitative estimate of drug-likeness (QED) is 0.758. The van der Waals surface area contributed by atoms with Crippen LogP contribution in [0.2, 0.25) is 0 Å². The first-order valence-electron chi connectivity index (χ1n) is 9.15. The highest BCUT2D eigenvalue weighted by molar-refractivity contribution is 6.07. The van der Waals surface area contributed by atoms with Crippen LogP contribution in [-0.4, -0.2) is 48.1 Å². The summed E-state index contributed by atoms with van der Waals surface area (Å²) in [6, 6.07) is 8.60. The number of amides is 1. The molecule has 2 aromatic rings. The summed E-state index contributed by atoms with van der Waals surface area (Å²) in [4.78, 5) is 23.1. The Balaban J connectivity index is 1.74. The molecule has 1 amide bonds. The van der Waals surface area contributed by atoms with Gasteiger partial charge < -0.3 is 15.2 Å². The SMILES string of the molecule is CN1C(=O)[C@@]2(N=C1N)c1cc(-c3cccnc3F)ccc1O[C@@H]1CCOCC12. The van der Waals surface area contributed by atoms with Crippen molar-refractivity contribution in [3.8, 4) is 16.9 Å². The second-order valence-electron chi connectivity index (χ2n) is 7.28. The van der Waals surface area contributed by atoms with Crippen molar-refractivity contribution in [2.45, 2.75) is 18.1 Å². The maximum atomic E-state index is 14.3. The molecule has 7 nitrogen and oxygen atoms in total. The lowest BCUT2D eigenvalue weighted by Gasteiger charge is -2.45. The molecule has 4 heterocycles. The van der Waals surface area contributed by atoms with E-state index in [0.29, 0.717) is 42.1 Å². The standard InChI is InChI=1S/C20H19FN4O3/c1-25-18(26)20(24-19(25)22)13-9-11(12-3-2-7-23-17(12)21)4-5-15(13)28-16-6-8-27-10-14(16)20/h2-5,7,9,14,16H,6,8,10H2,1H3,(H2,22,24)/t14?,16-,20-/m1/s1. The Morgan fingerprint density at radius 3 is 2.96 bits per heavy atom. The zero-order valence-electron chi connectivity index (χ0n) is 15.3. The van der Waals surface area contributed by atoms with Crippen LogP contribution in [-0.2, 0) is 15.1 Å². The average Bonchev–Trinajstić information content (AvgIpc) is 2.93. The predicted octanol–water partition coefficient (Wildman–Crippen LogP) is 1.67. The number of hydrogen-bond acceptors (Lipinski definition) is 6. The van der Waals surface area contributed by atoms with E-state index in [-0.39, 0.29) is 23.9 Å². The number of pyridine rings is 1. The molecule has 8 heteroatoms. The highest BCUT2D eigenvalue weighted by Crippen LogP contribution is 2.51. The van der Waals surface area contributed by atoms with Crippen molar-refractivity contribution in [1.82, 2.24) is 9.88 Å². The lowest BCUT2D eigenvalue weighted by Crippen LogP contribution is -2.56. The van der Waals surface area contributed by atoms with Gasteiger partial charge in [-0.3, -0.25) is 9.69 Å². The van der Waals surface area contributed by atoms with Crippen LogP contribution in [0.4, 0.5) is 4.39 Å². The fourth-order valence-corrected chi connectivity index (χ4v) is 4.39. The molecule has 0 bridgehead atoms. The highest BCUT2D eigenvalue weighted by Gasteiger charge is 2.60. The second kappa shape index (κ2) is 6.00. The molecular weight excluding hydrogens is 363 g/mol. The van der Waals surface area contributed by atoms with E-state index in [4.69, 9.17) is 15.2 Å². The third kappa shape index (κ3) is 2.21. The number of fused-ring (bicyclic) bond motifs is 4. The number of benzene rings is 1. The van der Waals surface area contributed by atoms with Gasteiger partial charge in [-0.25, -0.2) is 9.98 Å². The molecule has 3 aliphatic rings. The van der Waals surface area contributed by atoms with Gasteiger partial charge in [0.2, 0.25) is 5.95 Å². The number of rotatable bonds is 1. The highest BCUT2D eigenvalue weighted by atomic mass is 19.1. The smallest absolute Gasteiger partial charge is 0.262 e. The van der Waals surface area contributed by atoms with Crippen LogP contribution in [0.1, 0.15) is 12.0 Å². The van der Waals surface area contributed by atoms with Gasteiger partial charge >= 0.3 is 0 Å². The largest absolute Gasteiger partial charge is 0.489 e. The number of nitrogens with zero attached hydrogens (tertiary/aromatic N) is 3. The number of nitrogens with two attached hydrogens (primary N) is 1. The van der Waals surface area contributed by atoms with Crippen LogP contribution in [0.25, 0.3) is 11.1 Å². The van der Waals surface area contributed by atoms with E-state index in [9.17, 15) is 9.18 Å². The summed E-state index contributed by atoms with van der Waals surface area (Å²) in [7, 11) is 1.61. The summed E-state index contributed by atoms with van der Waals surface area (Å²) >= 11 is 0. The Bertz CT molecular complexity index is 1010. The summed E-state index contributed by atoms with van der Waals surface area (Å²) in [5.41, 5.74) is 6.32. The Morgan fingerprint density at radius 1 is 1.36 bits per heavy atom. The first-order valence-corrected chi connectivity index (χ1v) is 9.15. The molecule has 144 valence electrons. The summed E-state index contributed by atoms with van der Waals surface area (Å²) in [6.45, 7) is 0.904. The van der Waals surface area contributed by atoms with Crippen LogP contribution in [0.3, 0.4) is 0 Å². The first kappa shape index (κ1) is 17.1. The molecule has 1 saturated heterocycles. The van der Waals surface area contributed by atoms with Gasteiger partial charge in [-0.2, -0.15) is 4.39 Å². The third-order valence-electron chi connectivity index (χ3n) is 5.83. The van der Waals surface area contributed by atoms with Crippen LogP contribution in [0.15, 0.2) is 41.5 Å². The maximum absolute atomic E-state index is 14.3. The molecule has 28 heavy (non-hydrogen) atoms. The predicted molar refractivity (Wildman–Crippen MR) is 99.0 cm³/mol. The van der Waals surface area contributed by atoms with Crippen LogP contribution >= 0.6 is 0 Å². The molecule has 2 N–H and O–H groups in total. The van der Waals surface area contributed by atoms with E-state index >= 15 is 0 Å². The first-order chi connectivity index (χ1) is 13.5. The summed E-state index contributed by atoms with van der Waals surface area (Å²) in [6.07, 6.45) is 1.86. The van der Waals surface area contributed by atoms with Gasteiger partial charge in [-0.1, -0.05) is 6.07 Å². The van der Waals surface area contributed by atoms with Gasteiger partial charge in [0.1, 0.15) is 11.9 Å². The topological polar surface area (TPSA) is 90.0 Å². The molecule has 0 saturated carbocycles. The number of likely N-dealkylation sites (N-methyl/N-ethyl adjacent to an activating group) is 1. The lowest BCUT2D eigenvalue weighted by molar-refractivity contribution is -0.141. The van der Waals surface area contributed by atoms with E-state index in [1.807, 2.05) is 0 Å². The second-order valence-corrected chi connectivity index (χ2v) is 7.28. The number of halogens is 1. The number of hydrogen-bond donors (Lipinski definition) is 1. The number of aromatic nitrogens is 1. The maximum Gasteiger partial charge on any atom is 0.262 e. The van der Waals surface area contributed by atoms with Crippen molar-refractivity contribution in [2.75, 3.05) is 20.3 Å². The zero-order chi connectivity index (χ0) is 19.5. The number of guanidine groups is 1. The van der Waals surface area contributed by atoms with Crippen LogP contribution in [0.5, 0.6) is 5.75 Å². The molecule has 1 unspecified atom stereocenters. The lowest BCUT2D eigenvalue weighted by atomic mass is 9.71. The molecule has 3 aliphatic heterocycles. The van der Waals surface area contributed by atoms with Gasteiger partial charge in [0, 0.05) is 30.8 Å². The Morgan fingerprint density at radius 2 is 2.21 bits per heavy atom. The molecule has 1 aromatic carbocycles. The number of carbonyl (C=O) groups excluding carboxylic acids is 1. The van der Waals surface area contributed by atoms with Crippen molar-refractivity contribution >= 4 is 11.9 Å². The summed E-state index contributed by atoms with van der Waals surface area (Å²) < 4.78 is 26.1. The van der Waals surface area contributed by atoms with Gasteiger partial charge in [0.25, 0.3) is 5.91 Å². The number of aliphatic imine (C=N–C) groups is 1. The van der Waals surface area contributed by atoms with E-state index < -0.39 is 11.5 Å². The molecule has 1 fully saturated rings. The third-order valence-corrected chi connectivity index (χ3v) is 5.83. The normalized spacial score (nSPS) is 28.6. The van der Waals surface area contributed by atoms with Gasteiger partial charge in [0.15, 0.2) is 11.5 Å². The van der Waals surface area contributed by atoms with Crippen molar-refractivity contribution in [3.63, 3.8) is 0 Å². The van der Waals surface area contributed by atoms with Crippen molar-refractivity contribution in [1.29, 1.82) is 0 Å². The fourth-order valence-electron chi connectivity index (χ4n) is 4.39. The molecular formula is C20H19FN4O3. The minimum atomic E-state index is -1.23. The Labute approximate surface area is 161 Å². The fraction of sp³-hybridized carbons (Fsp3) is 0.350. The van der Waals surface area contributed by atoms with E-state index in [1.54, 1.807) is 37.4 Å². The molecule has 1 spiro atoms. The van der Waals surface area contributed by atoms with Crippen molar-refractivity contribution < 1.29 is 18.7 Å². The van der Waals surface area contributed by atoms with Crippen molar-refractivity contribution in [3.05, 3.63) is 48.0 Å². The average molecular weight is 382 g/mol. The molecule has 0 radical (unpaired) electrons. The minimum Gasteiger partial charge on any atom is -0.489 e. The number of carbonyl (C=O) groups is 1. The number of ether oxygens (including phenoxy) is 2. The van der Waals surface area contributed by atoms with Crippen LogP contribution in [0, 0.1) is 11.9 Å². The molecule has 3 atom stereocenters. The molecule has 5 rings (SSSR count). The summed E-state index contributed by atoms with van der Waals surface area (Å²) in [5.74, 6) is -0.390.